The molecule has 0 radical (unpaired) electrons. The van der Waals surface area contributed by atoms with Crippen molar-refractivity contribution in [2.24, 2.45) is 7.05 Å². The molecule has 2 heterocycles. The molecule has 1 unspecified atom stereocenters. The highest BCUT2D eigenvalue weighted by molar-refractivity contribution is 5.68. The van der Waals surface area contributed by atoms with Gasteiger partial charge in [0, 0.05) is 50.6 Å². The van der Waals surface area contributed by atoms with Crippen molar-refractivity contribution in [3.63, 3.8) is 0 Å². The lowest BCUT2D eigenvalue weighted by atomic mass is 10.0. The number of ether oxygens (including phenoxy) is 2. The third-order valence-corrected chi connectivity index (χ3v) is 5.52. The second-order valence-electron chi connectivity index (χ2n) is 9.16. The van der Waals surface area contributed by atoms with Crippen molar-refractivity contribution in [3.05, 3.63) is 51.9 Å². The Morgan fingerprint density at radius 3 is 2.31 bits per heavy atom. The lowest BCUT2D eigenvalue weighted by molar-refractivity contribution is -0.0362. The standard InChI is InChI=1S/C24H33N3O5/c1-16-13-18(15-25(5)21(16)28)17-7-8-19(20(14-17)31-6)22(29)26-9-11-27(12-10-26)23(30)32-24(2,3)4/h7-8,13-15,22,29H,9-12H2,1-6H3. The van der Waals surface area contributed by atoms with Crippen LogP contribution in [0.1, 0.15) is 38.1 Å². The Kier molecular flexibility index (Phi) is 6.95. The molecule has 1 atom stereocenters. The number of aryl methyl sites for hydroxylation is 2. The van der Waals surface area contributed by atoms with Gasteiger partial charge in [-0.2, -0.15) is 0 Å². The Labute approximate surface area is 189 Å². The summed E-state index contributed by atoms with van der Waals surface area (Å²) in [6.07, 6.45) is 0.596. The van der Waals surface area contributed by atoms with Crippen LogP contribution in [0, 0.1) is 6.92 Å². The van der Waals surface area contributed by atoms with Crippen LogP contribution >= 0.6 is 0 Å². The molecule has 0 aliphatic carbocycles. The number of aliphatic hydroxyl groups excluding tert-OH is 1. The van der Waals surface area contributed by atoms with Gasteiger partial charge in [-0.3, -0.25) is 9.69 Å². The van der Waals surface area contributed by atoms with Gasteiger partial charge in [-0.05, 0) is 51.0 Å². The number of methoxy groups -OCH3 is 1. The van der Waals surface area contributed by atoms with Crippen molar-refractivity contribution in [2.75, 3.05) is 33.3 Å². The third kappa shape index (κ3) is 5.31. The minimum atomic E-state index is -0.860. The van der Waals surface area contributed by atoms with Crippen LogP contribution in [0.2, 0.25) is 0 Å². The maximum atomic E-state index is 12.3. The SMILES string of the molecule is COc1cc(-c2cc(C)c(=O)n(C)c2)ccc1C(O)N1CCN(C(=O)OC(C)(C)C)CC1. The molecule has 1 saturated heterocycles. The predicted molar refractivity (Wildman–Crippen MR) is 123 cm³/mol. The largest absolute Gasteiger partial charge is 0.496 e. The van der Waals surface area contributed by atoms with Crippen LogP contribution in [0.4, 0.5) is 4.79 Å². The normalized spacial score (nSPS) is 16.0. The number of pyridine rings is 1. The number of hydrogen-bond donors (Lipinski definition) is 1. The summed E-state index contributed by atoms with van der Waals surface area (Å²) >= 11 is 0. The Hall–Kier alpha value is -2.84. The van der Waals surface area contributed by atoms with Crippen LogP contribution in [-0.4, -0.2) is 64.5 Å². The average molecular weight is 444 g/mol. The summed E-state index contributed by atoms with van der Waals surface area (Å²) in [7, 11) is 3.30. The molecule has 3 rings (SSSR count). The van der Waals surface area contributed by atoms with Crippen LogP contribution < -0.4 is 10.3 Å². The zero-order valence-corrected chi connectivity index (χ0v) is 19.7. The first-order chi connectivity index (χ1) is 15.0. The molecular weight excluding hydrogens is 410 g/mol. The molecule has 0 saturated carbocycles. The zero-order chi connectivity index (χ0) is 23.6. The van der Waals surface area contributed by atoms with Crippen molar-refractivity contribution in [1.82, 2.24) is 14.4 Å². The van der Waals surface area contributed by atoms with Crippen molar-refractivity contribution in [3.8, 4) is 16.9 Å². The highest BCUT2D eigenvalue weighted by Gasteiger charge is 2.29. The van der Waals surface area contributed by atoms with E-state index in [0.29, 0.717) is 43.1 Å². The molecule has 1 aliphatic rings. The van der Waals surface area contributed by atoms with Crippen LogP contribution in [-0.2, 0) is 11.8 Å². The number of aromatic nitrogens is 1. The van der Waals surface area contributed by atoms with E-state index in [4.69, 9.17) is 9.47 Å². The topological polar surface area (TPSA) is 84.2 Å². The summed E-state index contributed by atoms with van der Waals surface area (Å²) in [4.78, 5) is 27.9. The fourth-order valence-corrected chi connectivity index (χ4v) is 3.81. The minimum Gasteiger partial charge on any atom is -0.496 e. The van der Waals surface area contributed by atoms with Gasteiger partial charge in [-0.15, -0.1) is 0 Å². The van der Waals surface area contributed by atoms with Crippen LogP contribution in [0.3, 0.4) is 0 Å². The van der Waals surface area contributed by atoms with E-state index in [2.05, 4.69) is 0 Å². The van der Waals surface area contributed by atoms with E-state index >= 15 is 0 Å². The summed E-state index contributed by atoms with van der Waals surface area (Å²) in [5.41, 5.74) is 2.55. The Morgan fingerprint density at radius 2 is 1.75 bits per heavy atom. The molecule has 174 valence electrons. The first kappa shape index (κ1) is 23.8. The molecule has 1 fully saturated rings. The van der Waals surface area contributed by atoms with Gasteiger partial charge >= 0.3 is 6.09 Å². The van der Waals surface area contributed by atoms with Crippen molar-refractivity contribution >= 4 is 6.09 Å². The van der Waals surface area contributed by atoms with Gasteiger partial charge in [-0.1, -0.05) is 12.1 Å². The van der Waals surface area contributed by atoms with Crippen molar-refractivity contribution in [2.45, 2.75) is 39.5 Å². The number of carbonyl (C=O) groups excluding carboxylic acids is 1. The van der Waals surface area contributed by atoms with Crippen LogP contribution in [0.15, 0.2) is 35.3 Å². The highest BCUT2D eigenvalue weighted by Crippen LogP contribution is 2.33. The van der Waals surface area contributed by atoms with Gasteiger partial charge < -0.3 is 24.0 Å². The summed E-state index contributed by atoms with van der Waals surface area (Å²) < 4.78 is 12.6. The zero-order valence-electron chi connectivity index (χ0n) is 19.7. The molecule has 1 aliphatic heterocycles. The van der Waals surface area contributed by atoms with Gasteiger partial charge in [-0.25, -0.2) is 4.79 Å². The number of piperazine rings is 1. The van der Waals surface area contributed by atoms with Gasteiger partial charge in [0.15, 0.2) is 0 Å². The van der Waals surface area contributed by atoms with Crippen molar-refractivity contribution < 1.29 is 19.4 Å². The smallest absolute Gasteiger partial charge is 0.410 e. The van der Waals surface area contributed by atoms with Gasteiger partial charge in [0.05, 0.1) is 7.11 Å². The molecule has 1 N–H and O–H groups in total. The number of rotatable bonds is 4. The summed E-state index contributed by atoms with van der Waals surface area (Å²) in [5, 5.41) is 11.0. The molecule has 8 nitrogen and oxygen atoms in total. The predicted octanol–water partition coefficient (Wildman–Crippen LogP) is 2.91. The summed E-state index contributed by atoms with van der Waals surface area (Å²) in [5.74, 6) is 0.566. The molecule has 1 aromatic carbocycles. The second-order valence-corrected chi connectivity index (χ2v) is 9.16. The summed E-state index contributed by atoms with van der Waals surface area (Å²) in [6.45, 7) is 9.31. The first-order valence-corrected chi connectivity index (χ1v) is 10.8. The maximum Gasteiger partial charge on any atom is 0.410 e. The lowest BCUT2D eigenvalue weighted by Crippen LogP contribution is -2.50. The molecule has 2 aromatic rings. The monoisotopic (exact) mass is 443 g/mol. The van der Waals surface area contributed by atoms with E-state index in [1.165, 1.54) is 0 Å². The minimum absolute atomic E-state index is 0.0294. The van der Waals surface area contributed by atoms with Crippen molar-refractivity contribution in [1.29, 1.82) is 0 Å². The first-order valence-electron chi connectivity index (χ1n) is 10.8. The van der Waals surface area contributed by atoms with E-state index in [1.54, 1.807) is 36.7 Å². The lowest BCUT2D eigenvalue weighted by Gasteiger charge is -2.38. The van der Waals surface area contributed by atoms with E-state index in [1.807, 2.05) is 49.9 Å². The molecule has 0 bridgehead atoms. The van der Waals surface area contributed by atoms with Gasteiger partial charge in [0.25, 0.3) is 5.56 Å². The third-order valence-electron chi connectivity index (χ3n) is 5.52. The molecular formula is C24H33N3O5. The Morgan fingerprint density at radius 1 is 1.09 bits per heavy atom. The Balaban J connectivity index is 1.74. The molecule has 1 amide bonds. The fourth-order valence-electron chi connectivity index (χ4n) is 3.81. The fraction of sp³-hybridized carbons (Fsp3) is 0.500. The van der Waals surface area contributed by atoms with Crippen LogP contribution in [0.5, 0.6) is 5.75 Å². The van der Waals surface area contributed by atoms with Gasteiger partial charge in [0.2, 0.25) is 0 Å². The van der Waals surface area contributed by atoms with E-state index in [-0.39, 0.29) is 11.7 Å². The Bertz CT molecular complexity index is 1010. The number of carbonyl (C=O) groups is 1. The molecule has 32 heavy (non-hydrogen) atoms. The summed E-state index contributed by atoms with van der Waals surface area (Å²) in [6, 6.07) is 7.48. The highest BCUT2D eigenvalue weighted by atomic mass is 16.6. The van der Waals surface area contributed by atoms with Crippen LogP contribution in [0.25, 0.3) is 11.1 Å². The molecule has 8 heteroatoms. The number of hydrogen-bond acceptors (Lipinski definition) is 6. The number of nitrogens with zero attached hydrogens (tertiary/aromatic N) is 3. The van der Waals surface area contributed by atoms with E-state index in [0.717, 1.165) is 11.1 Å². The second kappa shape index (κ2) is 9.34. The quantitative estimate of drug-likeness (QED) is 0.782. The number of benzene rings is 1. The average Bonchev–Trinajstić information content (AvgIpc) is 2.75. The number of amides is 1. The van der Waals surface area contributed by atoms with E-state index < -0.39 is 11.8 Å². The maximum absolute atomic E-state index is 12.3. The molecule has 0 spiro atoms. The van der Waals surface area contributed by atoms with Gasteiger partial charge in [0.1, 0.15) is 17.6 Å². The van der Waals surface area contributed by atoms with E-state index in [9.17, 15) is 14.7 Å². The molecule has 1 aromatic heterocycles. The number of aliphatic hydroxyl groups is 1.